The highest BCUT2D eigenvalue weighted by Gasteiger charge is 2.45. The Bertz CT molecular complexity index is 1740. The van der Waals surface area contributed by atoms with E-state index in [0.717, 1.165) is 11.0 Å². The summed E-state index contributed by atoms with van der Waals surface area (Å²) in [4.78, 5) is 39.7. The number of pyridine rings is 1. The number of ether oxygens (including phenoxy) is 2. The third kappa shape index (κ3) is 6.43. The second-order valence-electron chi connectivity index (χ2n) is 11.4. The molecular weight excluding hydrogens is 634 g/mol. The van der Waals surface area contributed by atoms with Gasteiger partial charge in [0.25, 0.3) is 11.5 Å². The Balaban J connectivity index is 1.43. The highest BCUT2D eigenvalue weighted by Crippen LogP contribution is 2.40. The van der Waals surface area contributed by atoms with Gasteiger partial charge in [-0.25, -0.2) is 9.18 Å². The number of amides is 1. The standard InChI is InChI=1S/C32H32ClF4N3O6/c1-16-11-19(40-8-10-45-15-25(40)32(35,36)37)14-23(34)26(16)29(41)38-24(31(43)44)13-18-6-7-21(28-20(18)5-4-9-46-28)27-22(33)12-17(2)39(3)30(27)42/h6-7,11-12,14,24-25H,4-5,8-10,13,15H2,1-3H3,(H,38,41)(H,43,44)/t24-,25+/m0/s1. The average Bonchev–Trinajstić information content (AvgIpc) is 2.99. The van der Waals surface area contributed by atoms with E-state index in [0.29, 0.717) is 47.6 Å². The number of morpholine rings is 1. The Morgan fingerprint density at radius 2 is 1.91 bits per heavy atom. The first kappa shape index (κ1) is 33.3. The van der Waals surface area contributed by atoms with Crippen molar-refractivity contribution in [2.24, 2.45) is 7.05 Å². The van der Waals surface area contributed by atoms with Crippen LogP contribution >= 0.6 is 11.6 Å². The molecule has 0 unspecified atom stereocenters. The molecule has 5 rings (SSSR count). The predicted octanol–water partition coefficient (Wildman–Crippen LogP) is 4.98. The van der Waals surface area contributed by atoms with Crippen molar-refractivity contribution in [3.8, 4) is 16.9 Å². The van der Waals surface area contributed by atoms with Crippen molar-refractivity contribution in [3.63, 3.8) is 0 Å². The molecule has 0 radical (unpaired) electrons. The molecule has 2 aliphatic heterocycles. The maximum atomic E-state index is 15.4. The number of anilines is 1. The lowest BCUT2D eigenvalue weighted by molar-refractivity contribution is -0.167. The number of fused-ring (bicyclic) bond motifs is 1. The third-order valence-corrected chi connectivity index (χ3v) is 8.73. The zero-order valence-electron chi connectivity index (χ0n) is 25.3. The fourth-order valence-corrected chi connectivity index (χ4v) is 6.30. The Labute approximate surface area is 266 Å². The maximum absolute atomic E-state index is 15.4. The number of nitrogens with one attached hydrogen (secondary N) is 1. The molecule has 1 amide bonds. The minimum Gasteiger partial charge on any atom is -0.493 e. The van der Waals surface area contributed by atoms with Crippen LogP contribution in [0.3, 0.4) is 0 Å². The zero-order chi connectivity index (χ0) is 33.5. The van der Waals surface area contributed by atoms with Crippen molar-refractivity contribution in [1.82, 2.24) is 9.88 Å². The first-order valence-corrected chi connectivity index (χ1v) is 15.0. The molecule has 3 heterocycles. The van der Waals surface area contributed by atoms with Crippen LogP contribution in [0, 0.1) is 19.7 Å². The Morgan fingerprint density at radius 1 is 1.17 bits per heavy atom. The van der Waals surface area contributed by atoms with Crippen molar-refractivity contribution in [3.05, 3.63) is 79.5 Å². The Hall–Kier alpha value is -4.10. The zero-order valence-corrected chi connectivity index (χ0v) is 26.0. The summed E-state index contributed by atoms with van der Waals surface area (Å²) < 4.78 is 68.6. The number of aromatic nitrogens is 1. The lowest BCUT2D eigenvalue weighted by Crippen LogP contribution is -2.53. The normalized spacial score (nSPS) is 17.2. The van der Waals surface area contributed by atoms with Crippen LogP contribution in [0.5, 0.6) is 5.75 Å². The van der Waals surface area contributed by atoms with Crippen LogP contribution in [0.4, 0.5) is 23.2 Å². The van der Waals surface area contributed by atoms with Crippen molar-refractivity contribution in [1.29, 1.82) is 0 Å². The number of hydrogen-bond donors (Lipinski definition) is 2. The molecule has 2 atom stereocenters. The van der Waals surface area contributed by atoms with Crippen LogP contribution in [0.1, 0.15) is 39.2 Å². The van der Waals surface area contributed by atoms with Crippen LogP contribution in [-0.4, -0.2) is 66.2 Å². The van der Waals surface area contributed by atoms with Crippen molar-refractivity contribution >= 4 is 29.2 Å². The van der Waals surface area contributed by atoms with E-state index < -0.39 is 48.1 Å². The molecule has 2 N–H and O–H groups in total. The summed E-state index contributed by atoms with van der Waals surface area (Å²) in [6.07, 6.45) is -3.67. The van der Waals surface area contributed by atoms with E-state index in [1.54, 1.807) is 32.2 Å². The number of hydrogen-bond acceptors (Lipinski definition) is 6. The molecule has 14 heteroatoms. The summed E-state index contributed by atoms with van der Waals surface area (Å²) in [5, 5.41) is 12.6. The van der Waals surface area contributed by atoms with Gasteiger partial charge in [-0.3, -0.25) is 9.59 Å². The van der Waals surface area contributed by atoms with Gasteiger partial charge in [-0.05, 0) is 61.6 Å². The number of nitrogens with zero attached hydrogens (tertiary/aromatic N) is 2. The number of carboxylic acids is 1. The first-order valence-electron chi connectivity index (χ1n) is 14.6. The summed E-state index contributed by atoms with van der Waals surface area (Å²) in [6, 6.07) is 3.58. The number of halogens is 5. The third-order valence-electron chi connectivity index (χ3n) is 8.43. The second-order valence-corrected chi connectivity index (χ2v) is 11.8. The van der Waals surface area contributed by atoms with Gasteiger partial charge in [0.2, 0.25) is 0 Å². The molecule has 0 aliphatic carbocycles. The number of aryl methyl sites for hydroxylation is 2. The van der Waals surface area contributed by atoms with Crippen molar-refractivity contribution in [2.45, 2.75) is 51.4 Å². The van der Waals surface area contributed by atoms with E-state index in [1.165, 1.54) is 17.6 Å². The Kier molecular flexibility index (Phi) is 9.37. The van der Waals surface area contributed by atoms with Crippen LogP contribution in [0.2, 0.25) is 5.02 Å². The number of alkyl halides is 3. The molecule has 0 saturated carbocycles. The average molecular weight is 666 g/mol. The van der Waals surface area contributed by atoms with Gasteiger partial charge in [-0.15, -0.1) is 0 Å². The van der Waals surface area contributed by atoms with E-state index in [4.69, 9.17) is 21.1 Å². The fourth-order valence-electron chi connectivity index (χ4n) is 5.96. The van der Waals surface area contributed by atoms with Crippen LogP contribution in [0.25, 0.3) is 11.1 Å². The van der Waals surface area contributed by atoms with Crippen molar-refractivity contribution in [2.75, 3.05) is 31.3 Å². The summed E-state index contributed by atoms with van der Waals surface area (Å²) >= 11 is 6.49. The molecule has 9 nitrogen and oxygen atoms in total. The number of benzene rings is 2. The van der Waals surface area contributed by atoms with Gasteiger partial charge in [0, 0.05) is 37.0 Å². The summed E-state index contributed by atoms with van der Waals surface area (Å²) in [5.41, 5.74) is 1.76. The molecule has 0 bridgehead atoms. The molecule has 2 aliphatic rings. The largest absolute Gasteiger partial charge is 0.493 e. The number of rotatable bonds is 7. The van der Waals surface area contributed by atoms with Crippen molar-refractivity contribution < 1.29 is 41.7 Å². The molecule has 3 aromatic rings. The minimum atomic E-state index is -4.63. The van der Waals surface area contributed by atoms with Gasteiger partial charge >= 0.3 is 12.1 Å². The topological polar surface area (TPSA) is 110 Å². The monoisotopic (exact) mass is 665 g/mol. The van der Waals surface area contributed by atoms with Gasteiger partial charge in [0.15, 0.2) is 0 Å². The second kappa shape index (κ2) is 13.0. The van der Waals surface area contributed by atoms with E-state index >= 15 is 4.39 Å². The van der Waals surface area contributed by atoms with Gasteiger partial charge in [0.1, 0.15) is 23.7 Å². The van der Waals surface area contributed by atoms with Gasteiger partial charge < -0.3 is 29.4 Å². The van der Waals surface area contributed by atoms with E-state index in [-0.39, 0.29) is 47.0 Å². The lowest BCUT2D eigenvalue weighted by Gasteiger charge is -2.38. The number of carbonyl (C=O) groups is 2. The summed E-state index contributed by atoms with van der Waals surface area (Å²) in [6.45, 7) is 2.76. The number of carboxylic acid groups (broad SMARTS) is 1. The van der Waals surface area contributed by atoms with Crippen LogP contribution < -0.4 is 20.5 Å². The molecule has 1 aromatic heterocycles. The maximum Gasteiger partial charge on any atom is 0.411 e. The smallest absolute Gasteiger partial charge is 0.411 e. The number of carbonyl (C=O) groups excluding carboxylic acids is 1. The van der Waals surface area contributed by atoms with E-state index in [2.05, 4.69) is 5.32 Å². The first-order chi connectivity index (χ1) is 21.7. The summed E-state index contributed by atoms with van der Waals surface area (Å²) in [7, 11) is 1.62. The fraction of sp³-hybridized carbons (Fsp3) is 0.406. The molecule has 0 spiro atoms. The highest BCUT2D eigenvalue weighted by molar-refractivity contribution is 6.33. The molecule has 246 valence electrons. The number of aliphatic carboxylic acids is 1. The quantitative estimate of drug-likeness (QED) is 0.343. The molecule has 1 fully saturated rings. The molecule has 46 heavy (non-hydrogen) atoms. The van der Waals surface area contributed by atoms with E-state index in [9.17, 15) is 32.7 Å². The molecule has 2 aromatic carbocycles. The summed E-state index contributed by atoms with van der Waals surface area (Å²) in [5.74, 6) is -3.09. The van der Waals surface area contributed by atoms with Gasteiger partial charge in [0.05, 0.1) is 36.0 Å². The predicted molar refractivity (Wildman–Crippen MR) is 162 cm³/mol. The molecular formula is C32H32ClF4N3O6. The van der Waals surface area contributed by atoms with Crippen LogP contribution in [0.15, 0.2) is 35.1 Å². The lowest BCUT2D eigenvalue weighted by atomic mass is 9.90. The van der Waals surface area contributed by atoms with Crippen LogP contribution in [-0.2, 0) is 29.4 Å². The van der Waals surface area contributed by atoms with Gasteiger partial charge in [-0.1, -0.05) is 23.7 Å². The molecule has 1 saturated heterocycles. The van der Waals surface area contributed by atoms with Gasteiger partial charge in [-0.2, -0.15) is 13.2 Å². The SMILES string of the molecule is Cc1cc(N2CCOC[C@@H]2C(F)(F)F)cc(F)c1C(=O)N[C@@H](Cc1ccc(-c2c(Cl)cc(C)n(C)c2=O)c2c1CCCO2)C(=O)O. The van der Waals surface area contributed by atoms with E-state index in [1.807, 2.05) is 0 Å². The Morgan fingerprint density at radius 3 is 2.59 bits per heavy atom. The highest BCUT2D eigenvalue weighted by atomic mass is 35.5. The minimum absolute atomic E-state index is 0.0141.